The Morgan fingerprint density at radius 2 is 1.77 bits per heavy atom. The highest BCUT2D eigenvalue weighted by molar-refractivity contribution is 5.89. The smallest absolute Gasteiger partial charge is 0.410 e. The fraction of sp³-hybridized carbons (Fsp3) is 0.800. The average Bonchev–Trinajstić information content (AvgIpc) is 2.94. The Bertz CT molecular complexity index is 425. The number of hydrogen-bond donors (Lipinski definition) is 1. The molecule has 0 saturated carbocycles. The van der Waals surface area contributed by atoms with Crippen molar-refractivity contribution in [2.45, 2.75) is 52.2 Å². The van der Waals surface area contributed by atoms with Gasteiger partial charge in [0.2, 0.25) is 11.8 Å². The molecule has 1 N–H and O–H groups in total. The van der Waals surface area contributed by atoms with Gasteiger partial charge in [0.1, 0.15) is 11.6 Å². The third-order valence-electron chi connectivity index (χ3n) is 3.51. The third-order valence-corrected chi connectivity index (χ3v) is 3.51. The van der Waals surface area contributed by atoms with Crippen molar-refractivity contribution in [2.24, 2.45) is 0 Å². The number of ether oxygens (including phenoxy) is 1. The first-order valence-corrected chi connectivity index (χ1v) is 7.63. The number of carbonyl (C=O) groups is 3. The van der Waals surface area contributed by atoms with Crippen LogP contribution in [0.5, 0.6) is 0 Å². The van der Waals surface area contributed by atoms with Gasteiger partial charge in [-0.2, -0.15) is 0 Å². The lowest BCUT2D eigenvalue weighted by atomic mass is 10.2. The lowest BCUT2D eigenvalue weighted by Gasteiger charge is -2.28. The zero-order valence-corrected chi connectivity index (χ0v) is 14.1. The molecule has 1 aliphatic heterocycles. The van der Waals surface area contributed by atoms with Crippen molar-refractivity contribution in [1.82, 2.24) is 15.1 Å². The van der Waals surface area contributed by atoms with Crippen LogP contribution in [0.15, 0.2) is 0 Å². The summed E-state index contributed by atoms with van der Waals surface area (Å²) in [6, 6.07) is -0.707. The van der Waals surface area contributed by atoms with Crippen molar-refractivity contribution in [3.63, 3.8) is 0 Å². The number of hydrogen-bond acceptors (Lipinski definition) is 4. The molecule has 0 aliphatic carbocycles. The van der Waals surface area contributed by atoms with Crippen molar-refractivity contribution in [3.8, 4) is 0 Å². The van der Waals surface area contributed by atoms with Crippen LogP contribution in [-0.2, 0) is 14.3 Å². The van der Waals surface area contributed by atoms with Crippen molar-refractivity contribution < 1.29 is 19.1 Å². The molecule has 1 atom stereocenters. The Morgan fingerprint density at radius 1 is 1.23 bits per heavy atom. The summed E-state index contributed by atoms with van der Waals surface area (Å²) in [6.07, 6.45) is 1.45. The fourth-order valence-corrected chi connectivity index (χ4v) is 2.06. The molecule has 1 rings (SSSR count). The second-order valence-electron chi connectivity index (χ2n) is 6.57. The van der Waals surface area contributed by atoms with E-state index < -0.39 is 17.7 Å². The number of carbonyl (C=O) groups excluding carboxylic acids is 3. The molecule has 0 aromatic heterocycles. The summed E-state index contributed by atoms with van der Waals surface area (Å²) in [5.41, 5.74) is -0.618. The van der Waals surface area contributed by atoms with Crippen LogP contribution in [0, 0.1) is 0 Å². The van der Waals surface area contributed by atoms with Gasteiger partial charge in [0, 0.05) is 20.1 Å². The summed E-state index contributed by atoms with van der Waals surface area (Å²) < 4.78 is 5.21. The topological polar surface area (TPSA) is 79.0 Å². The monoisotopic (exact) mass is 313 g/mol. The van der Waals surface area contributed by atoms with Gasteiger partial charge < -0.3 is 15.0 Å². The lowest BCUT2D eigenvalue weighted by Crippen LogP contribution is -2.49. The minimum Gasteiger partial charge on any atom is -0.444 e. The SMILES string of the molecule is CC(C(=O)NCC(=O)N1CCCC1)N(C)C(=O)OC(C)(C)C. The lowest BCUT2D eigenvalue weighted by molar-refractivity contribution is -0.133. The average molecular weight is 313 g/mol. The second kappa shape index (κ2) is 7.47. The van der Waals surface area contributed by atoms with E-state index >= 15 is 0 Å². The Balaban J connectivity index is 2.43. The van der Waals surface area contributed by atoms with Crippen LogP contribution >= 0.6 is 0 Å². The molecule has 3 amide bonds. The predicted molar refractivity (Wildman–Crippen MR) is 82.3 cm³/mol. The minimum absolute atomic E-state index is 0.0364. The molecule has 0 radical (unpaired) electrons. The maximum Gasteiger partial charge on any atom is 0.410 e. The van der Waals surface area contributed by atoms with E-state index in [4.69, 9.17) is 4.74 Å². The molecular formula is C15H27N3O4. The first kappa shape index (κ1) is 18.3. The molecule has 1 heterocycles. The van der Waals surface area contributed by atoms with Crippen LogP contribution < -0.4 is 5.32 Å². The highest BCUT2D eigenvalue weighted by Crippen LogP contribution is 2.11. The number of likely N-dealkylation sites (tertiary alicyclic amines) is 1. The molecule has 0 aromatic rings. The largest absolute Gasteiger partial charge is 0.444 e. The van der Waals surface area contributed by atoms with Gasteiger partial charge in [-0.1, -0.05) is 0 Å². The highest BCUT2D eigenvalue weighted by Gasteiger charge is 2.27. The Labute approximate surface area is 132 Å². The minimum atomic E-state index is -0.707. The van der Waals surface area contributed by atoms with E-state index in [1.807, 2.05) is 0 Å². The van der Waals surface area contributed by atoms with E-state index in [-0.39, 0.29) is 18.4 Å². The normalized spacial score (nSPS) is 16.1. The van der Waals surface area contributed by atoms with E-state index in [9.17, 15) is 14.4 Å². The fourth-order valence-electron chi connectivity index (χ4n) is 2.06. The van der Waals surface area contributed by atoms with Crippen LogP contribution in [0.1, 0.15) is 40.5 Å². The van der Waals surface area contributed by atoms with Gasteiger partial charge in [0.25, 0.3) is 0 Å². The van der Waals surface area contributed by atoms with E-state index in [2.05, 4.69) is 5.32 Å². The number of nitrogens with zero attached hydrogens (tertiary/aromatic N) is 2. The molecule has 1 saturated heterocycles. The van der Waals surface area contributed by atoms with E-state index in [1.54, 1.807) is 32.6 Å². The summed E-state index contributed by atoms with van der Waals surface area (Å²) in [6.45, 7) is 8.35. The molecule has 1 fully saturated rings. The summed E-state index contributed by atoms with van der Waals surface area (Å²) >= 11 is 0. The standard InChI is InChI=1S/C15H27N3O4/c1-11(17(5)14(21)22-15(2,3)4)13(20)16-10-12(19)18-8-6-7-9-18/h11H,6-10H2,1-5H3,(H,16,20). The van der Waals surface area contributed by atoms with Crippen LogP contribution in [0.2, 0.25) is 0 Å². The van der Waals surface area contributed by atoms with Gasteiger partial charge in [-0.05, 0) is 40.5 Å². The summed E-state index contributed by atoms with van der Waals surface area (Å²) in [5.74, 6) is -0.459. The molecule has 1 unspecified atom stereocenters. The third kappa shape index (κ3) is 5.54. The van der Waals surface area contributed by atoms with Crippen LogP contribution in [-0.4, -0.2) is 66.0 Å². The van der Waals surface area contributed by atoms with Crippen molar-refractivity contribution in [3.05, 3.63) is 0 Å². The first-order chi connectivity index (χ1) is 10.1. The van der Waals surface area contributed by atoms with Gasteiger partial charge in [0.15, 0.2) is 0 Å². The molecule has 7 nitrogen and oxygen atoms in total. The molecule has 7 heteroatoms. The molecule has 0 bridgehead atoms. The number of nitrogens with one attached hydrogen (secondary N) is 1. The maximum atomic E-state index is 12.0. The Hall–Kier alpha value is -1.79. The van der Waals surface area contributed by atoms with Gasteiger partial charge in [0.05, 0.1) is 6.54 Å². The highest BCUT2D eigenvalue weighted by atomic mass is 16.6. The van der Waals surface area contributed by atoms with Gasteiger partial charge in [-0.25, -0.2) is 4.79 Å². The van der Waals surface area contributed by atoms with E-state index in [0.717, 1.165) is 25.9 Å². The Morgan fingerprint density at radius 3 is 2.27 bits per heavy atom. The summed E-state index contributed by atoms with van der Waals surface area (Å²) in [7, 11) is 1.50. The van der Waals surface area contributed by atoms with Gasteiger partial charge in [-0.3, -0.25) is 14.5 Å². The predicted octanol–water partition coefficient (Wildman–Crippen LogP) is 0.980. The van der Waals surface area contributed by atoms with E-state index in [0.29, 0.717) is 0 Å². The summed E-state index contributed by atoms with van der Waals surface area (Å²) in [5, 5.41) is 2.58. The Kier molecular flexibility index (Phi) is 6.20. The zero-order valence-electron chi connectivity index (χ0n) is 14.1. The molecule has 1 aliphatic rings. The van der Waals surface area contributed by atoms with Crippen molar-refractivity contribution in [1.29, 1.82) is 0 Å². The van der Waals surface area contributed by atoms with Crippen LogP contribution in [0.3, 0.4) is 0 Å². The molecule has 0 spiro atoms. The number of likely N-dealkylation sites (N-methyl/N-ethyl adjacent to an activating group) is 1. The zero-order chi connectivity index (χ0) is 16.9. The quantitative estimate of drug-likeness (QED) is 0.839. The van der Waals surface area contributed by atoms with Gasteiger partial charge in [-0.15, -0.1) is 0 Å². The molecular weight excluding hydrogens is 286 g/mol. The van der Waals surface area contributed by atoms with Crippen LogP contribution in [0.4, 0.5) is 4.79 Å². The van der Waals surface area contributed by atoms with E-state index in [1.165, 1.54) is 11.9 Å². The first-order valence-electron chi connectivity index (χ1n) is 7.63. The molecule has 0 aromatic carbocycles. The molecule has 126 valence electrons. The van der Waals surface area contributed by atoms with Gasteiger partial charge >= 0.3 is 6.09 Å². The maximum absolute atomic E-state index is 12.0. The van der Waals surface area contributed by atoms with Crippen LogP contribution in [0.25, 0.3) is 0 Å². The molecule has 22 heavy (non-hydrogen) atoms. The summed E-state index contributed by atoms with van der Waals surface area (Å²) in [4.78, 5) is 38.8. The number of rotatable bonds is 4. The second-order valence-corrected chi connectivity index (χ2v) is 6.57. The number of amides is 3. The van der Waals surface area contributed by atoms with Crippen molar-refractivity contribution in [2.75, 3.05) is 26.7 Å². The van der Waals surface area contributed by atoms with Crippen molar-refractivity contribution >= 4 is 17.9 Å².